The highest BCUT2D eigenvalue weighted by Gasteiger charge is 2.03. The van der Waals surface area contributed by atoms with Crippen LogP contribution in [0.25, 0.3) is 10.8 Å². The van der Waals surface area contributed by atoms with Gasteiger partial charge in [-0.15, -0.1) is 0 Å². The van der Waals surface area contributed by atoms with E-state index in [2.05, 4.69) is 54.6 Å². The van der Waals surface area contributed by atoms with Crippen molar-refractivity contribution in [2.75, 3.05) is 6.61 Å². The lowest BCUT2D eigenvalue weighted by atomic mass is 10.0. The normalized spacial score (nSPS) is 10.8. The average Bonchev–Trinajstić information content (AvgIpc) is 2.66. The molecule has 0 heterocycles. The smallest absolute Gasteiger partial charge is 0.303 e. The topological polar surface area (TPSA) is 46.5 Å². The van der Waals surface area contributed by atoms with E-state index in [0.29, 0.717) is 13.0 Å². The fraction of sp³-hybridized carbons (Fsp3) is 0.261. The number of aliphatic carboxylic acids is 1. The molecule has 0 atom stereocenters. The second-order valence-electron chi connectivity index (χ2n) is 6.48. The molecule has 3 rings (SSSR count). The highest BCUT2D eigenvalue weighted by molar-refractivity contribution is 5.85. The summed E-state index contributed by atoms with van der Waals surface area (Å²) in [5, 5.41) is 11.2. The summed E-state index contributed by atoms with van der Waals surface area (Å²) in [7, 11) is 0. The lowest BCUT2D eigenvalue weighted by Gasteiger charge is -2.10. The zero-order chi connectivity index (χ0) is 18.2. The number of carboxylic acids is 1. The number of unbranched alkanes of at least 4 members (excludes halogenated alkanes) is 1. The van der Waals surface area contributed by atoms with Crippen molar-refractivity contribution in [3.8, 4) is 5.75 Å². The lowest BCUT2D eigenvalue weighted by Crippen LogP contribution is -2.02. The van der Waals surface area contributed by atoms with E-state index in [4.69, 9.17) is 9.84 Å². The fourth-order valence-corrected chi connectivity index (χ4v) is 3.19. The summed E-state index contributed by atoms with van der Waals surface area (Å²) in [4.78, 5) is 10.6. The fourth-order valence-electron chi connectivity index (χ4n) is 3.19. The van der Waals surface area contributed by atoms with Gasteiger partial charge in [0.2, 0.25) is 0 Å². The number of benzene rings is 3. The van der Waals surface area contributed by atoms with Crippen molar-refractivity contribution >= 4 is 16.7 Å². The Hall–Kier alpha value is -2.81. The van der Waals surface area contributed by atoms with Gasteiger partial charge in [0.15, 0.2) is 0 Å². The summed E-state index contributed by atoms with van der Waals surface area (Å²) in [6, 6.07) is 22.9. The van der Waals surface area contributed by atoms with E-state index in [1.807, 2.05) is 12.1 Å². The van der Waals surface area contributed by atoms with Gasteiger partial charge in [0, 0.05) is 12.8 Å². The summed E-state index contributed by atoms with van der Waals surface area (Å²) < 4.78 is 5.95. The van der Waals surface area contributed by atoms with Crippen LogP contribution in [0, 0.1) is 0 Å². The number of carbonyl (C=O) groups is 1. The van der Waals surface area contributed by atoms with Gasteiger partial charge < -0.3 is 9.84 Å². The Balaban J connectivity index is 1.53. The lowest BCUT2D eigenvalue weighted by molar-refractivity contribution is -0.137. The van der Waals surface area contributed by atoms with Crippen LogP contribution in [0.15, 0.2) is 66.7 Å². The maximum atomic E-state index is 10.6. The van der Waals surface area contributed by atoms with Crippen LogP contribution >= 0.6 is 0 Å². The van der Waals surface area contributed by atoms with Crippen molar-refractivity contribution < 1.29 is 14.6 Å². The van der Waals surface area contributed by atoms with E-state index in [-0.39, 0.29) is 6.42 Å². The molecule has 0 radical (unpaired) electrons. The molecule has 0 aliphatic carbocycles. The van der Waals surface area contributed by atoms with E-state index in [0.717, 1.165) is 25.0 Å². The standard InChI is InChI=1S/C23H24O3/c24-23(25)14-4-1-7-18-8-5-12-21(17-18)26-16-15-20-11-6-10-19-9-2-3-13-22(19)20/h2-3,5-6,8-13,17H,1,4,7,14-16H2,(H,24,25). The number of hydrogen-bond acceptors (Lipinski definition) is 2. The van der Waals surface area contributed by atoms with Crippen LogP contribution in [0.3, 0.4) is 0 Å². The predicted molar refractivity (Wildman–Crippen MR) is 105 cm³/mol. The highest BCUT2D eigenvalue weighted by atomic mass is 16.5. The van der Waals surface area contributed by atoms with Crippen LogP contribution in [-0.4, -0.2) is 17.7 Å². The van der Waals surface area contributed by atoms with Crippen molar-refractivity contribution in [2.45, 2.75) is 32.1 Å². The van der Waals surface area contributed by atoms with Gasteiger partial charge in [0.25, 0.3) is 0 Å². The highest BCUT2D eigenvalue weighted by Crippen LogP contribution is 2.20. The molecule has 0 fully saturated rings. The average molecular weight is 348 g/mol. The van der Waals surface area contributed by atoms with E-state index in [1.54, 1.807) is 0 Å². The summed E-state index contributed by atoms with van der Waals surface area (Å²) in [5.74, 6) is 0.150. The van der Waals surface area contributed by atoms with Crippen molar-refractivity contribution in [3.05, 3.63) is 77.9 Å². The molecular weight excluding hydrogens is 324 g/mol. The molecule has 0 aliphatic rings. The predicted octanol–water partition coefficient (Wildman–Crippen LogP) is 5.26. The van der Waals surface area contributed by atoms with E-state index < -0.39 is 5.97 Å². The van der Waals surface area contributed by atoms with Crippen molar-refractivity contribution in [3.63, 3.8) is 0 Å². The van der Waals surface area contributed by atoms with Crippen LogP contribution in [0.1, 0.15) is 30.4 Å². The monoisotopic (exact) mass is 348 g/mol. The third-order valence-corrected chi connectivity index (χ3v) is 4.52. The minimum atomic E-state index is -0.726. The first-order chi connectivity index (χ1) is 12.7. The van der Waals surface area contributed by atoms with Crippen LogP contribution in [0.4, 0.5) is 0 Å². The molecular formula is C23H24O3. The number of fused-ring (bicyclic) bond motifs is 1. The molecule has 3 nitrogen and oxygen atoms in total. The maximum Gasteiger partial charge on any atom is 0.303 e. The molecule has 0 saturated heterocycles. The van der Waals surface area contributed by atoms with Crippen molar-refractivity contribution in [1.29, 1.82) is 0 Å². The molecule has 1 N–H and O–H groups in total. The molecule has 3 aromatic carbocycles. The molecule has 0 amide bonds. The summed E-state index contributed by atoms with van der Waals surface area (Å²) >= 11 is 0. The molecule has 0 aromatic heterocycles. The number of rotatable bonds is 9. The zero-order valence-electron chi connectivity index (χ0n) is 14.9. The van der Waals surface area contributed by atoms with Crippen molar-refractivity contribution in [1.82, 2.24) is 0 Å². The number of hydrogen-bond donors (Lipinski definition) is 1. The van der Waals surface area contributed by atoms with Gasteiger partial charge in [-0.05, 0) is 53.3 Å². The molecule has 0 aliphatic heterocycles. The molecule has 0 spiro atoms. The second kappa shape index (κ2) is 9.04. The SMILES string of the molecule is O=C(O)CCCCc1cccc(OCCc2cccc3ccccc23)c1. The molecule has 0 unspecified atom stereocenters. The summed E-state index contributed by atoms with van der Waals surface area (Å²) in [6.45, 7) is 0.635. The third kappa shape index (κ3) is 5.09. The molecule has 0 bridgehead atoms. The minimum absolute atomic E-state index is 0.237. The Morgan fingerprint density at radius 1 is 0.885 bits per heavy atom. The number of aryl methyl sites for hydroxylation is 1. The van der Waals surface area contributed by atoms with Gasteiger partial charge in [-0.3, -0.25) is 4.79 Å². The zero-order valence-corrected chi connectivity index (χ0v) is 14.9. The Labute approximate surface area is 154 Å². The van der Waals surface area contributed by atoms with Crippen LogP contribution in [-0.2, 0) is 17.6 Å². The number of carboxylic acid groups (broad SMARTS) is 1. The van der Waals surface area contributed by atoms with Gasteiger partial charge in [-0.2, -0.15) is 0 Å². The largest absolute Gasteiger partial charge is 0.493 e. The molecule has 0 saturated carbocycles. The molecule has 26 heavy (non-hydrogen) atoms. The first kappa shape index (κ1) is 18.0. The second-order valence-corrected chi connectivity index (χ2v) is 6.48. The summed E-state index contributed by atoms with van der Waals surface area (Å²) in [6.07, 6.45) is 3.58. The van der Waals surface area contributed by atoms with Crippen LogP contribution in [0.2, 0.25) is 0 Å². The van der Waals surface area contributed by atoms with Gasteiger partial charge in [0.05, 0.1) is 6.61 Å². The molecule has 3 heteroatoms. The van der Waals surface area contributed by atoms with Gasteiger partial charge >= 0.3 is 5.97 Å². The molecule has 134 valence electrons. The number of ether oxygens (including phenoxy) is 1. The van der Waals surface area contributed by atoms with E-state index in [9.17, 15) is 4.79 Å². The molecule has 3 aromatic rings. The van der Waals surface area contributed by atoms with E-state index in [1.165, 1.54) is 21.9 Å². The van der Waals surface area contributed by atoms with Crippen LogP contribution in [0.5, 0.6) is 5.75 Å². The quantitative estimate of drug-likeness (QED) is 0.537. The van der Waals surface area contributed by atoms with E-state index >= 15 is 0 Å². The Bertz CT molecular complexity index is 865. The maximum absolute atomic E-state index is 10.6. The van der Waals surface area contributed by atoms with Gasteiger partial charge in [0.1, 0.15) is 5.75 Å². The Kier molecular flexibility index (Phi) is 6.26. The Morgan fingerprint density at radius 3 is 2.58 bits per heavy atom. The third-order valence-electron chi connectivity index (χ3n) is 4.52. The summed E-state index contributed by atoms with van der Waals surface area (Å²) in [5.41, 5.74) is 2.49. The first-order valence-corrected chi connectivity index (χ1v) is 9.12. The van der Waals surface area contributed by atoms with Gasteiger partial charge in [-0.1, -0.05) is 54.6 Å². The van der Waals surface area contributed by atoms with Gasteiger partial charge in [-0.25, -0.2) is 0 Å². The first-order valence-electron chi connectivity index (χ1n) is 9.12. The van der Waals surface area contributed by atoms with Crippen LogP contribution < -0.4 is 4.74 Å². The van der Waals surface area contributed by atoms with Crippen molar-refractivity contribution in [2.24, 2.45) is 0 Å². The Morgan fingerprint density at radius 2 is 1.69 bits per heavy atom. The minimum Gasteiger partial charge on any atom is -0.493 e.